The third-order valence-corrected chi connectivity index (χ3v) is 1.73. The molecule has 0 radical (unpaired) electrons. The first kappa shape index (κ1) is 13.2. The van der Waals surface area contributed by atoms with Crippen LogP contribution in [0, 0.1) is 17.8 Å². The van der Waals surface area contributed by atoms with E-state index in [4.69, 9.17) is 0 Å². The lowest BCUT2D eigenvalue weighted by Crippen LogP contribution is -1.88. The van der Waals surface area contributed by atoms with Gasteiger partial charge in [-0.1, -0.05) is 40.0 Å². The summed E-state index contributed by atoms with van der Waals surface area (Å²) in [5, 5.41) is 0. The van der Waals surface area contributed by atoms with Crippen molar-refractivity contribution in [2.24, 2.45) is 5.92 Å². The highest BCUT2D eigenvalue weighted by Crippen LogP contribution is 2.07. The summed E-state index contributed by atoms with van der Waals surface area (Å²) in [7, 11) is 0. The molecule has 0 nitrogen and oxygen atoms in total. The molecule has 0 aliphatic rings. The van der Waals surface area contributed by atoms with Crippen molar-refractivity contribution in [3.63, 3.8) is 0 Å². The molecule has 0 heteroatoms. The maximum atomic E-state index is 2.68. The van der Waals surface area contributed by atoms with Crippen molar-refractivity contribution in [2.75, 3.05) is 0 Å². The Morgan fingerprint density at radius 2 is 1.55 bits per heavy atom. The summed E-state index contributed by atoms with van der Waals surface area (Å²) in [6, 6.07) is 0. The van der Waals surface area contributed by atoms with Crippen LogP contribution in [0.15, 0.2) is 0 Å². The van der Waals surface area contributed by atoms with Crippen LogP contribution in [0.2, 0.25) is 0 Å². The summed E-state index contributed by atoms with van der Waals surface area (Å²) in [5.41, 5.74) is 0. The van der Waals surface area contributed by atoms with Gasteiger partial charge in [0.05, 0.1) is 0 Å². The first-order chi connectivity index (χ1) is 5.22. The smallest absolute Gasteiger partial charge is 0.00271 e. The molecule has 0 N–H and O–H groups in total. The SMILES string of the molecule is CC#CC.CCCC(C)CC. The maximum absolute atomic E-state index is 2.68. The number of hydrogen-bond donors (Lipinski definition) is 0. The van der Waals surface area contributed by atoms with Crippen molar-refractivity contribution in [1.82, 2.24) is 0 Å². The molecular formula is C11H22. The van der Waals surface area contributed by atoms with Crippen molar-refractivity contribution < 1.29 is 0 Å². The van der Waals surface area contributed by atoms with Crippen LogP contribution in [-0.4, -0.2) is 0 Å². The quantitative estimate of drug-likeness (QED) is 0.541. The van der Waals surface area contributed by atoms with E-state index >= 15 is 0 Å². The standard InChI is InChI=1S/C7H16.C4H6/c1-4-6-7(3)5-2;1-3-4-2/h7H,4-6H2,1-3H3;1-2H3. The molecular weight excluding hydrogens is 132 g/mol. The predicted molar refractivity (Wildman–Crippen MR) is 53.5 cm³/mol. The molecule has 0 saturated carbocycles. The molecule has 0 rings (SSSR count). The monoisotopic (exact) mass is 154 g/mol. The molecule has 0 aromatic carbocycles. The zero-order chi connectivity index (χ0) is 9.11. The Bertz CT molecular complexity index is 96.9. The third kappa shape index (κ3) is 17.7. The highest BCUT2D eigenvalue weighted by atomic mass is 14.0. The van der Waals surface area contributed by atoms with Crippen LogP contribution in [0.3, 0.4) is 0 Å². The first-order valence-electron chi connectivity index (χ1n) is 4.56. The van der Waals surface area contributed by atoms with Gasteiger partial charge in [-0.2, -0.15) is 0 Å². The fraction of sp³-hybridized carbons (Fsp3) is 0.818. The van der Waals surface area contributed by atoms with Crippen molar-refractivity contribution >= 4 is 0 Å². The van der Waals surface area contributed by atoms with Gasteiger partial charge in [0, 0.05) is 0 Å². The van der Waals surface area contributed by atoms with Gasteiger partial charge >= 0.3 is 0 Å². The predicted octanol–water partition coefficient (Wildman–Crippen LogP) is 3.86. The van der Waals surface area contributed by atoms with E-state index in [1.54, 1.807) is 0 Å². The third-order valence-electron chi connectivity index (χ3n) is 1.73. The molecule has 0 spiro atoms. The summed E-state index contributed by atoms with van der Waals surface area (Å²) >= 11 is 0. The number of rotatable bonds is 3. The van der Waals surface area contributed by atoms with E-state index in [2.05, 4.69) is 32.6 Å². The van der Waals surface area contributed by atoms with Crippen molar-refractivity contribution in [3.8, 4) is 11.8 Å². The summed E-state index contributed by atoms with van der Waals surface area (Å²) in [5.74, 6) is 6.31. The van der Waals surface area contributed by atoms with Crippen LogP contribution in [0.4, 0.5) is 0 Å². The van der Waals surface area contributed by atoms with E-state index in [0.717, 1.165) is 5.92 Å². The zero-order valence-corrected chi connectivity index (χ0v) is 8.70. The normalized spacial score (nSPS) is 10.3. The van der Waals surface area contributed by atoms with Crippen molar-refractivity contribution in [3.05, 3.63) is 0 Å². The Balaban J connectivity index is 0. The van der Waals surface area contributed by atoms with Crippen LogP contribution in [-0.2, 0) is 0 Å². The Hall–Kier alpha value is -0.440. The minimum atomic E-state index is 0.949. The van der Waals surface area contributed by atoms with E-state index < -0.39 is 0 Å². The Morgan fingerprint density at radius 3 is 1.64 bits per heavy atom. The van der Waals surface area contributed by atoms with E-state index in [1.807, 2.05) is 13.8 Å². The Kier molecular flexibility index (Phi) is 14.7. The second-order valence-electron chi connectivity index (χ2n) is 2.80. The first-order valence-corrected chi connectivity index (χ1v) is 4.56. The van der Waals surface area contributed by atoms with Crippen LogP contribution in [0.25, 0.3) is 0 Å². The Labute approximate surface area is 72.4 Å². The van der Waals surface area contributed by atoms with E-state index in [0.29, 0.717) is 0 Å². The molecule has 66 valence electrons. The summed E-state index contributed by atoms with van der Waals surface area (Å²) in [6.45, 7) is 10.4. The maximum Gasteiger partial charge on any atom is -0.00271 e. The fourth-order valence-electron chi connectivity index (χ4n) is 0.697. The highest BCUT2D eigenvalue weighted by Gasteiger charge is 1.92. The highest BCUT2D eigenvalue weighted by molar-refractivity contribution is 4.89. The molecule has 0 fully saturated rings. The van der Waals surface area contributed by atoms with Gasteiger partial charge in [0.2, 0.25) is 0 Å². The molecule has 0 heterocycles. The van der Waals surface area contributed by atoms with Gasteiger partial charge in [0.1, 0.15) is 0 Å². The van der Waals surface area contributed by atoms with E-state index in [9.17, 15) is 0 Å². The zero-order valence-electron chi connectivity index (χ0n) is 8.70. The molecule has 0 amide bonds. The van der Waals surface area contributed by atoms with E-state index in [1.165, 1.54) is 19.3 Å². The van der Waals surface area contributed by atoms with Crippen LogP contribution < -0.4 is 0 Å². The molecule has 11 heavy (non-hydrogen) atoms. The van der Waals surface area contributed by atoms with Crippen LogP contribution in [0.5, 0.6) is 0 Å². The minimum Gasteiger partial charge on any atom is -0.107 e. The molecule has 0 saturated heterocycles. The minimum absolute atomic E-state index is 0.949. The molecule has 0 bridgehead atoms. The lowest BCUT2D eigenvalue weighted by atomic mass is 10.0. The second kappa shape index (κ2) is 12.3. The fourth-order valence-corrected chi connectivity index (χ4v) is 0.697. The average Bonchev–Trinajstić information content (AvgIpc) is 2.05. The summed E-state index contributed by atoms with van der Waals surface area (Å²) < 4.78 is 0. The molecule has 0 aromatic heterocycles. The van der Waals surface area contributed by atoms with Gasteiger partial charge in [-0.15, -0.1) is 11.8 Å². The van der Waals surface area contributed by atoms with Gasteiger partial charge in [0.15, 0.2) is 0 Å². The van der Waals surface area contributed by atoms with Gasteiger partial charge in [-0.3, -0.25) is 0 Å². The lowest BCUT2D eigenvalue weighted by Gasteiger charge is -2.02. The van der Waals surface area contributed by atoms with Crippen LogP contribution >= 0.6 is 0 Å². The second-order valence-corrected chi connectivity index (χ2v) is 2.80. The van der Waals surface area contributed by atoms with Crippen LogP contribution in [0.1, 0.15) is 53.9 Å². The largest absolute Gasteiger partial charge is 0.107 e. The molecule has 0 aromatic rings. The van der Waals surface area contributed by atoms with Gasteiger partial charge in [-0.25, -0.2) is 0 Å². The molecule has 1 unspecified atom stereocenters. The number of hydrogen-bond acceptors (Lipinski definition) is 0. The van der Waals surface area contributed by atoms with Gasteiger partial charge < -0.3 is 0 Å². The average molecular weight is 154 g/mol. The van der Waals surface area contributed by atoms with Gasteiger partial charge in [0.25, 0.3) is 0 Å². The lowest BCUT2D eigenvalue weighted by molar-refractivity contribution is 0.509. The molecule has 0 aliphatic heterocycles. The molecule has 0 aliphatic carbocycles. The van der Waals surface area contributed by atoms with Crippen molar-refractivity contribution in [1.29, 1.82) is 0 Å². The topological polar surface area (TPSA) is 0 Å². The van der Waals surface area contributed by atoms with E-state index in [-0.39, 0.29) is 0 Å². The molecule has 1 atom stereocenters. The summed E-state index contributed by atoms with van der Waals surface area (Å²) in [4.78, 5) is 0. The Morgan fingerprint density at radius 1 is 1.09 bits per heavy atom. The van der Waals surface area contributed by atoms with Gasteiger partial charge in [-0.05, 0) is 19.8 Å². The van der Waals surface area contributed by atoms with Crippen molar-refractivity contribution in [2.45, 2.75) is 53.9 Å². The summed E-state index contributed by atoms with van der Waals surface area (Å²) in [6.07, 6.45) is 4.08.